The van der Waals surface area contributed by atoms with Gasteiger partial charge in [0.2, 0.25) is 5.91 Å². The van der Waals surface area contributed by atoms with E-state index in [9.17, 15) is 14.4 Å². The number of hydrogen-bond acceptors (Lipinski definition) is 4. The van der Waals surface area contributed by atoms with Crippen LogP contribution in [0.5, 0.6) is 0 Å². The summed E-state index contributed by atoms with van der Waals surface area (Å²) in [6.07, 6.45) is 2.49. The van der Waals surface area contributed by atoms with Crippen molar-refractivity contribution >= 4 is 29.6 Å². The molecule has 7 heteroatoms. The number of unbranched alkanes of at least 4 members (excludes halogenated alkanes) is 2. The normalized spacial score (nSPS) is 11.8. The van der Waals surface area contributed by atoms with Gasteiger partial charge in [-0.05, 0) is 18.6 Å². The highest BCUT2D eigenvalue weighted by Crippen LogP contribution is 2.09. The minimum absolute atomic E-state index is 0.175. The van der Waals surface area contributed by atoms with Crippen molar-refractivity contribution in [2.24, 2.45) is 0 Å². The molecule has 104 valence electrons. The highest BCUT2D eigenvalue weighted by atomic mass is 32.2. The van der Waals surface area contributed by atoms with Gasteiger partial charge < -0.3 is 15.5 Å². The Balaban J connectivity index is 3.58. The number of amides is 1. The predicted molar refractivity (Wildman–Crippen MR) is 68.7 cm³/mol. The second-order valence-electron chi connectivity index (χ2n) is 3.87. The molecule has 0 aromatic carbocycles. The predicted octanol–water partition coefficient (Wildman–Crippen LogP) is 0.954. The van der Waals surface area contributed by atoms with Crippen LogP contribution in [0.1, 0.15) is 32.6 Å². The molecule has 0 aliphatic carbocycles. The lowest BCUT2D eigenvalue weighted by atomic mass is 10.2. The van der Waals surface area contributed by atoms with Crippen LogP contribution in [0.2, 0.25) is 0 Å². The first-order chi connectivity index (χ1) is 8.43. The average Bonchev–Trinajstić information content (AvgIpc) is 2.25. The van der Waals surface area contributed by atoms with Crippen molar-refractivity contribution in [3.05, 3.63) is 0 Å². The molecule has 0 heterocycles. The molecule has 0 spiro atoms. The molecule has 3 N–H and O–H groups in total. The Labute approximate surface area is 110 Å². The third-order valence-electron chi connectivity index (χ3n) is 2.14. The van der Waals surface area contributed by atoms with Gasteiger partial charge in [0, 0.05) is 19.1 Å². The maximum Gasteiger partial charge on any atom is 0.327 e. The van der Waals surface area contributed by atoms with Crippen molar-refractivity contribution in [3.63, 3.8) is 0 Å². The molecule has 0 aliphatic heterocycles. The van der Waals surface area contributed by atoms with Gasteiger partial charge in [0.25, 0.3) is 0 Å². The Hall–Kier alpha value is -1.24. The fourth-order valence-corrected chi connectivity index (χ4v) is 2.31. The molecular formula is C11H19NO5S. The van der Waals surface area contributed by atoms with E-state index in [0.29, 0.717) is 12.2 Å². The van der Waals surface area contributed by atoms with Gasteiger partial charge in [0.05, 0.1) is 0 Å². The Morgan fingerprint density at radius 2 is 1.83 bits per heavy atom. The van der Waals surface area contributed by atoms with Crippen molar-refractivity contribution in [2.75, 3.05) is 11.5 Å². The van der Waals surface area contributed by atoms with Crippen LogP contribution >= 0.6 is 11.8 Å². The van der Waals surface area contributed by atoms with E-state index in [0.717, 1.165) is 18.6 Å². The third-order valence-corrected chi connectivity index (χ3v) is 3.29. The van der Waals surface area contributed by atoms with E-state index in [-0.39, 0.29) is 12.3 Å². The fraction of sp³-hybridized carbons (Fsp3) is 0.727. The summed E-state index contributed by atoms with van der Waals surface area (Å²) in [6.45, 7) is 1.28. The maximum atomic E-state index is 10.8. The van der Waals surface area contributed by atoms with Gasteiger partial charge in [-0.3, -0.25) is 9.59 Å². The van der Waals surface area contributed by atoms with Crippen molar-refractivity contribution in [1.29, 1.82) is 0 Å². The highest BCUT2D eigenvalue weighted by molar-refractivity contribution is 7.99. The van der Waals surface area contributed by atoms with E-state index in [4.69, 9.17) is 10.2 Å². The first-order valence-electron chi connectivity index (χ1n) is 5.73. The zero-order valence-corrected chi connectivity index (χ0v) is 11.2. The van der Waals surface area contributed by atoms with E-state index >= 15 is 0 Å². The van der Waals surface area contributed by atoms with Gasteiger partial charge in [0.15, 0.2) is 0 Å². The van der Waals surface area contributed by atoms with Gasteiger partial charge in [-0.1, -0.05) is 6.42 Å². The van der Waals surface area contributed by atoms with E-state index in [2.05, 4.69) is 5.32 Å². The lowest BCUT2D eigenvalue weighted by Gasteiger charge is -2.12. The largest absolute Gasteiger partial charge is 0.481 e. The summed E-state index contributed by atoms with van der Waals surface area (Å²) >= 11 is 1.45. The van der Waals surface area contributed by atoms with Gasteiger partial charge in [-0.15, -0.1) is 0 Å². The van der Waals surface area contributed by atoms with Crippen LogP contribution in [-0.4, -0.2) is 45.6 Å². The average molecular weight is 277 g/mol. The summed E-state index contributed by atoms with van der Waals surface area (Å²) in [5.74, 6) is -1.09. The summed E-state index contributed by atoms with van der Waals surface area (Å²) in [5.41, 5.74) is 0. The molecule has 6 nitrogen and oxygen atoms in total. The van der Waals surface area contributed by atoms with E-state index in [1.54, 1.807) is 0 Å². The molecule has 0 fully saturated rings. The zero-order valence-electron chi connectivity index (χ0n) is 10.3. The number of carboxylic acid groups (broad SMARTS) is 2. The first kappa shape index (κ1) is 16.8. The molecule has 0 unspecified atom stereocenters. The van der Waals surface area contributed by atoms with Gasteiger partial charge in [0.1, 0.15) is 6.04 Å². The molecule has 0 bridgehead atoms. The van der Waals surface area contributed by atoms with E-state index in [1.807, 2.05) is 0 Å². The van der Waals surface area contributed by atoms with Crippen LogP contribution in [0, 0.1) is 0 Å². The van der Waals surface area contributed by atoms with Crippen LogP contribution in [-0.2, 0) is 14.4 Å². The zero-order chi connectivity index (χ0) is 14.0. The summed E-state index contributed by atoms with van der Waals surface area (Å²) in [4.78, 5) is 31.8. The van der Waals surface area contributed by atoms with Crippen LogP contribution < -0.4 is 5.32 Å². The number of carbonyl (C=O) groups is 3. The molecule has 0 saturated heterocycles. The van der Waals surface area contributed by atoms with Crippen LogP contribution in [0.15, 0.2) is 0 Å². The van der Waals surface area contributed by atoms with Gasteiger partial charge in [-0.2, -0.15) is 11.8 Å². The first-order valence-corrected chi connectivity index (χ1v) is 6.88. The fourth-order valence-electron chi connectivity index (χ4n) is 1.28. The monoisotopic (exact) mass is 277 g/mol. The van der Waals surface area contributed by atoms with Crippen LogP contribution in [0.25, 0.3) is 0 Å². The molecule has 0 aliphatic rings. The van der Waals surface area contributed by atoms with Gasteiger partial charge in [-0.25, -0.2) is 4.79 Å². The Morgan fingerprint density at radius 1 is 1.17 bits per heavy atom. The molecule has 1 amide bonds. The SMILES string of the molecule is CC(=O)N[C@@H](CSCCCCCC(=O)O)C(=O)O. The number of nitrogens with one attached hydrogen (secondary N) is 1. The number of carboxylic acids is 2. The van der Waals surface area contributed by atoms with Crippen molar-refractivity contribution in [1.82, 2.24) is 5.32 Å². The second-order valence-corrected chi connectivity index (χ2v) is 5.02. The number of aliphatic carboxylic acids is 2. The Bertz CT molecular complexity index is 295. The van der Waals surface area contributed by atoms with E-state index < -0.39 is 18.0 Å². The summed E-state index contributed by atoms with van der Waals surface area (Å²) in [5, 5.41) is 19.6. The van der Waals surface area contributed by atoms with Crippen LogP contribution in [0.3, 0.4) is 0 Å². The molecule has 0 aromatic heterocycles. The molecule has 1 atom stereocenters. The molecule has 18 heavy (non-hydrogen) atoms. The lowest BCUT2D eigenvalue weighted by Crippen LogP contribution is -2.41. The number of carbonyl (C=O) groups excluding carboxylic acids is 1. The van der Waals surface area contributed by atoms with Crippen LogP contribution in [0.4, 0.5) is 0 Å². The maximum absolute atomic E-state index is 10.8. The Morgan fingerprint density at radius 3 is 2.33 bits per heavy atom. The highest BCUT2D eigenvalue weighted by Gasteiger charge is 2.17. The molecule has 0 saturated carbocycles. The molecular weight excluding hydrogens is 258 g/mol. The number of hydrogen-bond donors (Lipinski definition) is 3. The summed E-state index contributed by atoms with van der Waals surface area (Å²) in [6, 6.07) is -0.855. The summed E-state index contributed by atoms with van der Waals surface area (Å²) in [7, 11) is 0. The number of thioether (sulfide) groups is 1. The number of rotatable bonds is 10. The molecule has 0 aromatic rings. The second kappa shape index (κ2) is 9.76. The summed E-state index contributed by atoms with van der Waals surface area (Å²) < 4.78 is 0. The third kappa shape index (κ3) is 9.95. The topological polar surface area (TPSA) is 104 Å². The van der Waals surface area contributed by atoms with Crippen molar-refractivity contribution < 1.29 is 24.6 Å². The molecule has 0 radical (unpaired) electrons. The minimum atomic E-state index is -1.04. The van der Waals surface area contributed by atoms with Crippen molar-refractivity contribution in [3.8, 4) is 0 Å². The van der Waals surface area contributed by atoms with E-state index in [1.165, 1.54) is 18.7 Å². The molecule has 0 rings (SSSR count). The standard InChI is InChI=1S/C11H19NO5S/c1-8(13)12-9(11(16)17)7-18-6-4-2-3-5-10(14)15/h9H,2-7H2,1H3,(H,12,13)(H,14,15)(H,16,17)/t9-/m0/s1. The lowest BCUT2D eigenvalue weighted by molar-refractivity contribution is -0.140. The minimum Gasteiger partial charge on any atom is -0.481 e. The smallest absolute Gasteiger partial charge is 0.327 e. The Kier molecular flexibility index (Phi) is 9.08. The quantitative estimate of drug-likeness (QED) is 0.514. The van der Waals surface area contributed by atoms with Crippen molar-refractivity contribution in [2.45, 2.75) is 38.6 Å². The van der Waals surface area contributed by atoms with Gasteiger partial charge >= 0.3 is 11.9 Å².